The average molecular weight is 354 g/mol. The molecule has 8 nitrogen and oxygen atoms in total. The van der Waals surface area contributed by atoms with Crippen molar-refractivity contribution in [2.45, 2.75) is 6.92 Å². The highest BCUT2D eigenvalue weighted by Gasteiger charge is 2.16. The molecule has 2 N–H and O–H groups in total. The molecule has 0 bridgehead atoms. The lowest BCUT2D eigenvalue weighted by Gasteiger charge is -2.26. The second-order valence-corrected chi connectivity index (χ2v) is 5.61. The van der Waals surface area contributed by atoms with Gasteiger partial charge in [0.2, 0.25) is 0 Å². The van der Waals surface area contributed by atoms with E-state index in [1.165, 1.54) is 6.07 Å². The van der Waals surface area contributed by atoms with E-state index in [1.54, 1.807) is 12.1 Å². The molecule has 1 heterocycles. The first kappa shape index (κ1) is 18.4. The normalized spacial score (nSPS) is 14.9. The van der Waals surface area contributed by atoms with Gasteiger partial charge in [0, 0.05) is 26.2 Å². The van der Waals surface area contributed by atoms with Gasteiger partial charge < -0.3 is 20.1 Å². The molecule has 1 aliphatic rings. The number of nitrogens with one attached hydrogen (secondary N) is 2. The molecule has 132 valence electrons. The van der Waals surface area contributed by atoms with E-state index in [0.29, 0.717) is 29.7 Å². The Hall–Kier alpha value is -1.97. The monoisotopic (exact) mass is 354 g/mol. The highest BCUT2D eigenvalue weighted by Crippen LogP contribution is 2.29. The van der Waals surface area contributed by atoms with Gasteiger partial charge in [-0.05, 0) is 31.3 Å². The van der Waals surface area contributed by atoms with E-state index in [4.69, 9.17) is 21.7 Å². The number of morpholine rings is 1. The maximum Gasteiger partial charge on any atom is 0.296 e. The van der Waals surface area contributed by atoms with Gasteiger partial charge in [-0.25, -0.2) is 0 Å². The van der Waals surface area contributed by atoms with E-state index in [-0.39, 0.29) is 5.69 Å². The Morgan fingerprint density at radius 3 is 2.88 bits per heavy atom. The predicted molar refractivity (Wildman–Crippen MR) is 95.7 cm³/mol. The largest absolute Gasteiger partial charge is 0.494 e. The molecule has 0 atom stereocenters. The molecule has 1 aromatic rings. The molecule has 0 radical (unpaired) electrons. The van der Waals surface area contributed by atoms with Gasteiger partial charge >= 0.3 is 0 Å². The molecular weight excluding hydrogens is 332 g/mol. The Bertz CT molecular complexity index is 579. The molecule has 1 fully saturated rings. The van der Waals surface area contributed by atoms with Crippen LogP contribution in [0.4, 0.5) is 11.4 Å². The minimum absolute atomic E-state index is 0.0710. The fraction of sp³-hybridized carbons (Fsp3) is 0.533. The minimum atomic E-state index is -0.457. The van der Waals surface area contributed by atoms with E-state index in [9.17, 15) is 10.1 Å². The van der Waals surface area contributed by atoms with Crippen molar-refractivity contribution >= 4 is 28.7 Å². The van der Waals surface area contributed by atoms with Crippen LogP contribution in [0.5, 0.6) is 5.75 Å². The van der Waals surface area contributed by atoms with E-state index < -0.39 is 4.92 Å². The standard InChI is InChI=1S/C15H22N4O4S/c1-2-23-12-3-4-13(14(11-12)19(20)21)17-15(24)16-5-6-18-7-9-22-10-8-18/h3-4,11H,2,5-10H2,1H3,(H2,16,17,24). The SMILES string of the molecule is CCOc1ccc(NC(=S)NCCN2CCOCC2)c([N+](=O)[O-])c1. The van der Waals surface area contributed by atoms with E-state index >= 15 is 0 Å². The molecule has 1 aromatic carbocycles. The van der Waals surface area contributed by atoms with Gasteiger partial charge in [0.25, 0.3) is 5.69 Å². The van der Waals surface area contributed by atoms with Crippen LogP contribution >= 0.6 is 12.2 Å². The van der Waals surface area contributed by atoms with Crippen molar-refractivity contribution in [3.63, 3.8) is 0 Å². The maximum absolute atomic E-state index is 11.2. The number of anilines is 1. The van der Waals surface area contributed by atoms with Crippen molar-refractivity contribution in [3.05, 3.63) is 28.3 Å². The van der Waals surface area contributed by atoms with Crippen LogP contribution in [0.2, 0.25) is 0 Å². The van der Waals surface area contributed by atoms with E-state index in [2.05, 4.69) is 15.5 Å². The molecular formula is C15H22N4O4S. The third-order valence-electron chi connectivity index (χ3n) is 3.54. The molecule has 1 saturated heterocycles. The van der Waals surface area contributed by atoms with Gasteiger partial charge in [-0.2, -0.15) is 0 Å². The molecule has 1 aliphatic heterocycles. The number of nitrogens with zero attached hydrogens (tertiary/aromatic N) is 2. The van der Waals surface area contributed by atoms with Crippen LogP contribution in [0.3, 0.4) is 0 Å². The summed E-state index contributed by atoms with van der Waals surface area (Å²) < 4.78 is 10.6. The van der Waals surface area contributed by atoms with Gasteiger partial charge in [-0.3, -0.25) is 15.0 Å². The van der Waals surface area contributed by atoms with Gasteiger partial charge in [-0.1, -0.05) is 0 Å². The van der Waals surface area contributed by atoms with Gasteiger partial charge in [-0.15, -0.1) is 0 Å². The first-order chi connectivity index (χ1) is 11.6. The van der Waals surface area contributed by atoms with Crippen molar-refractivity contribution in [1.29, 1.82) is 0 Å². The number of rotatable bonds is 7. The zero-order valence-corrected chi connectivity index (χ0v) is 14.4. The lowest BCUT2D eigenvalue weighted by atomic mass is 10.2. The van der Waals surface area contributed by atoms with Crippen molar-refractivity contribution < 1.29 is 14.4 Å². The molecule has 0 unspecified atom stereocenters. The number of hydrogen-bond donors (Lipinski definition) is 2. The fourth-order valence-corrected chi connectivity index (χ4v) is 2.56. The van der Waals surface area contributed by atoms with Crippen molar-refractivity contribution in [2.75, 3.05) is 51.3 Å². The zero-order chi connectivity index (χ0) is 17.4. The molecule has 2 rings (SSSR count). The van der Waals surface area contributed by atoms with Crippen LogP contribution in [0.15, 0.2) is 18.2 Å². The molecule has 0 spiro atoms. The summed E-state index contributed by atoms with van der Waals surface area (Å²) >= 11 is 5.21. The summed E-state index contributed by atoms with van der Waals surface area (Å²) in [6.45, 7) is 7.10. The number of benzene rings is 1. The Labute approximate surface area is 146 Å². The Morgan fingerprint density at radius 1 is 1.46 bits per heavy atom. The third-order valence-corrected chi connectivity index (χ3v) is 3.79. The lowest BCUT2D eigenvalue weighted by Crippen LogP contribution is -2.42. The highest BCUT2D eigenvalue weighted by atomic mass is 32.1. The number of nitro benzene ring substituents is 1. The van der Waals surface area contributed by atoms with E-state index in [1.807, 2.05) is 6.92 Å². The van der Waals surface area contributed by atoms with Crippen LogP contribution in [0.1, 0.15) is 6.92 Å². The van der Waals surface area contributed by atoms with Crippen molar-refractivity contribution in [1.82, 2.24) is 10.2 Å². The first-order valence-corrected chi connectivity index (χ1v) is 8.27. The average Bonchev–Trinajstić information content (AvgIpc) is 2.57. The number of nitro groups is 1. The summed E-state index contributed by atoms with van der Waals surface area (Å²) in [5.74, 6) is 0.459. The van der Waals surface area contributed by atoms with Crippen LogP contribution in [0, 0.1) is 10.1 Å². The minimum Gasteiger partial charge on any atom is -0.494 e. The maximum atomic E-state index is 11.2. The predicted octanol–water partition coefficient (Wildman–Crippen LogP) is 1.61. The number of thiocarbonyl (C=S) groups is 1. The summed E-state index contributed by atoms with van der Waals surface area (Å²) in [4.78, 5) is 13.0. The van der Waals surface area contributed by atoms with E-state index in [0.717, 1.165) is 32.8 Å². The van der Waals surface area contributed by atoms with Crippen LogP contribution < -0.4 is 15.4 Å². The second kappa shape index (κ2) is 9.36. The Morgan fingerprint density at radius 2 is 2.21 bits per heavy atom. The summed E-state index contributed by atoms with van der Waals surface area (Å²) in [7, 11) is 0. The summed E-state index contributed by atoms with van der Waals surface area (Å²) in [5.41, 5.74) is 0.269. The van der Waals surface area contributed by atoms with Crippen LogP contribution in [0.25, 0.3) is 0 Å². The third kappa shape index (κ3) is 5.59. The molecule has 24 heavy (non-hydrogen) atoms. The van der Waals surface area contributed by atoms with Gasteiger partial charge in [0.05, 0.1) is 30.8 Å². The van der Waals surface area contributed by atoms with Crippen molar-refractivity contribution in [3.8, 4) is 5.75 Å². The van der Waals surface area contributed by atoms with Gasteiger partial charge in [0.15, 0.2) is 5.11 Å². The smallest absolute Gasteiger partial charge is 0.296 e. The molecule has 0 aromatic heterocycles. The van der Waals surface area contributed by atoms with Crippen molar-refractivity contribution in [2.24, 2.45) is 0 Å². The molecule has 0 saturated carbocycles. The molecule has 9 heteroatoms. The Balaban J connectivity index is 1.87. The number of hydrogen-bond acceptors (Lipinski definition) is 6. The molecule has 0 amide bonds. The second-order valence-electron chi connectivity index (χ2n) is 5.20. The van der Waals surface area contributed by atoms with Crippen LogP contribution in [-0.2, 0) is 4.74 Å². The first-order valence-electron chi connectivity index (χ1n) is 7.86. The number of ether oxygens (including phenoxy) is 2. The lowest BCUT2D eigenvalue weighted by molar-refractivity contribution is -0.384. The summed E-state index contributed by atoms with van der Waals surface area (Å²) in [5, 5.41) is 17.5. The van der Waals surface area contributed by atoms with Crippen LogP contribution in [-0.4, -0.2) is 60.9 Å². The van der Waals surface area contributed by atoms with Gasteiger partial charge in [0.1, 0.15) is 11.4 Å². The zero-order valence-electron chi connectivity index (χ0n) is 13.6. The molecule has 0 aliphatic carbocycles. The summed E-state index contributed by atoms with van der Waals surface area (Å²) in [6, 6.07) is 4.66. The fourth-order valence-electron chi connectivity index (χ4n) is 2.34. The topological polar surface area (TPSA) is 88.9 Å². The quantitative estimate of drug-likeness (QED) is 0.434. The Kier molecular flexibility index (Phi) is 7.16. The summed E-state index contributed by atoms with van der Waals surface area (Å²) in [6.07, 6.45) is 0. The highest BCUT2D eigenvalue weighted by molar-refractivity contribution is 7.80.